The zero-order valence-corrected chi connectivity index (χ0v) is 16.1. The van der Waals surface area contributed by atoms with Gasteiger partial charge in [-0.2, -0.15) is 0 Å². The second-order valence-electron chi connectivity index (χ2n) is 5.68. The lowest BCUT2D eigenvalue weighted by Crippen LogP contribution is -2.29. The van der Waals surface area contributed by atoms with Crippen LogP contribution in [0.15, 0.2) is 48.5 Å². The van der Waals surface area contributed by atoms with Crippen molar-refractivity contribution in [1.82, 2.24) is 10.6 Å². The van der Waals surface area contributed by atoms with Crippen LogP contribution in [0.1, 0.15) is 34.1 Å². The number of nitrogens with one attached hydrogen (secondary N) is 2. The monoisotopic (exact) mass is 404 g/mol. The largest absolute Gasteiger partial charge is 0.513 e. The Morgan fingerprint density at radius 3 is 1.86 bits per heavy atom. The third-order valence-electron chi connectivity index (χ3n) is 3.61. The highest BCUT2D eigenvalue weighted by Crippen LogP contribution is 2.13. The molecule has 2 N–H and O–H groups in total. The van der Waals surface area contributed by atoms with Crippen molar-refractivity contribution < 1.29 is 23.9 Å². The van der Waals surface area contributed by atoms with E-state index >= 15 is 0 Å². The predicted molar refractivity (Wildman–Crippen MR) is 105 cm³/mol. The first-order valence-electron chi connectivity index (χ1n) is 8.76. The topological polar surface area (TPSA) is 93.7 Å². The van der Waals surface area contributed by atoms with Crippen molar-refractivity contribution in [2.45, 2.75) is 13.3 Å². The molecule has 0 radical (unpaired) electrons. The van der Waals surface area contributed by atoms with Crippen LogP contribution in [0.5, 0.6) is 5.75 Å². The van der Waals surface area contributed by atoms with Crippen molar-refractivity contribution in [2.75, 3.05) is 19.7 Å². The summed E-state index contributed by atoms with van der Waals surface area (Å²) < 4.78 is 9.60. The van der Waals surface area contributed by atoms with E-state index in [9.17, 15) is 14.4 Å². The predicted octanol–water partition coefficient (Wildman–Crippen LogP) is 3.43. The summed E-state index contributed by atoms with van der Waals surface area (Å²) >= 11 is 5.79. The van der Waals surface area contributed by atoms with Gasteiger partial charge < -0.3 is 20.1 Å². The molecule has 0 saturated carbocycles. The van der Waals surface area contributed by atoms with Gasteiger partial charge in [0.25, 0.3) is 11.8 Å². The molecule has 0 saturated heterocycles. The number of hydrogen-bond acceptors (Lipinski definition) is 5. The van der Waals surface area contributed by atoms with Crippen LogP contribution in [0.4, 0.5) is 4.79 Å². The van der Waals surface area contributed by atoms with Gasteiger partial charge in [-0.1, -0.05) is 11.6 Å². The molecule has 148 valence electrons. The Balaban J connectivity index is 1.68. The van der Waals surface area contributed by atoms with Gasteiger partial charge in [0.2, 0.25) is 0 Å². The molecule has 7 nitrogen and oxygen atoms in total. The molecule has 0 fully saturated rings. The van der Waals surface area contributed by atoms with Crippen molar-refractivity contribution >= 4 is 29.6 Å². The summed E-state index contributed by atoms with van der Waals surface area (Å²) in [5, 5.41) is 6.10. The van der Waals surface area contributed by atoms with Crippen molar-refractivity contribution in [3.05, 3.63) is 64.7 Å². The van der Waals surface area contributed by atoms with Crippen molar-refractivity contribution in [2.24, 2.45) is 0 Å². The van der Waals surface area contributed by atoms with E-state index in [1.807, 2.05) is 0 Å². The molecule has 0 aliphatic heterocycles. The SMILES string of the molecule is CCOC(=O)Oc1ccc(C(=O)NCCCNC(=O)c2ccc(Cl)cc2)cc1. The fraction of sp³-hybridized carbons (Fsp3) is 0.250. The number of amides is 2. The quantitative estimate of drug-likeness (QED) is 0.399. The van der Waals surface area contributed by atoms with Crippen molar-refractivity contribution in [3.63, 3.8) is 0 Å². The lowest BCUT2D eigenvalue weighted by Gasteiger charge is -2.08. The third-order valence-corrected chi connectivity index (χ3v) is 3.86. The summed E-state index contributed by atoms with van der Waals surface area (Å²) in [7, 11) is 0. The molecule has 2 rings (SSSR count). The maximum absolute atomic E-state index is 12.1. The molecule has 0 heterocycles. The minimum absolute atomic E-state index is 0.194. The minimum Gasteiger partial charge on any atom is -0.434 e. The fourth-order valence-electron chi connectivity index (χ4n) is 2.22. The van der Waals surface area contributed by atoms with E-state index in [0.29, 0.717) is 41.4 Å². The van der Waals surface area contributed by atoms with E-state index < -0.39 is 6.16 Å². The Morgan fingerprint density at radius 2 is 1.36 bits per heavy atom. The van der Waals surface area contributed by atoms with Crippen LogP contribution in [0.3, 0.4) is 0 Å². The fourth-order valence-corrected chi connectivity index (χ4v) is 2.34. The van der Waals surface area contributed by atoms with Gasteiger partial charge in [-0.05, 0) is 61.9 Å². The lowest BCUT2D eigenvalue weighted by molar-refractivity contribution is 0.0951. The van der Waals surface area contributed by atoms with Crippen LogP contribution in [0.25, 0.3) is 0 Å². The highest BCUT2D eigenvalue weighted by Gasteiger charge is 2.08. The molecule has 2 aromatic carbocycles. The zero-order chi connectivity index (χ0) is 20.4. The van der Waals surface area contributed by atoms with E-state index in [0.717, 1.165) is 0 Å². The number of benzene rings is 2. The first-order valence-corrected chi connectivity index (χ1v) is 9.14. The molecule has 0 spiro atoms. The van der Waals surface area contributed by atoms with Gasteiger partial charge in [0.05, 0.1) is 6.61 Å². The standard InChI is InChI=1S/C20H21ClN2O5/c1-2-27-20(26)28-17-10-6-15(7-11-17)19(25)23-13-3-12-22-18(24)14-4-8-16(21)9-5-14/h4-11H,2-3,12-13H2,1H3,(H,22,24)(H,23,25). The van der Waals surface area contributed by atoms with Crippen LogP contribution in [-0.2, 0) is 4.74 Å². The van der Waals surface area contributed by atoms with Gasteiger partial charge in [-0.15, -0.1) is 0 Å². The number of hydrogen-bond donors (Lipinski definition) is 2. The highest BCUT2D eigenvalue weighted by atomic mass is 35.5. The van der Waals surface area contributed by atoms with Gasteiger partial charge in [0, 0.05) is 29.2 Å². The van der Waals surface area contributed by atoms with Crippen molar-refractivity contribution in [3.8, 4) is 5.75 Å². The normalized spacial score (nSPS) is 10.1. The molecular weight excluding hydrogens is 384 g/mol. The summed E-state index contributed by atoms with van der Waals surface area (Å²) in [6, 6.07) is 12.7. The average molecular weight is 405 g/mol. The molecule has 2 amide bonds. The van der Waals surface area contributed by atoms with Gasteiger partial charge in [-0.25, -0.2) is 4.79 Å². The number of rotatable bonds is 8. The molecule has 0 aliphatic rings. The summed E-state index contributed by atoms with van der Waals surface area (Å²) in [6.45, 7) is 2.73. The van der Waals surface area contributed by atoms with Crippen LogP contribution < -0.4 is 15.4 Å². The molecule has 28 heavy (non-hydrogen) atoms. The molecule has 8 heteroatoms. The maximum Gasteiger partial charge on any atom is 0.513 e. The van der Waals surface area contributed by atoms with E-state index in [1.165, 1.54) is 12.1 Å². The second-order valence-corrected chi connectivity index (χ2v) is 6.12. The highest BCUT2D eigenvalue weighted by molar-refractivity contribution is 6.30. The van der Waals surface area contributed by atoms with Crippen LogP contribution >= 0.6 is 11.6 Å². The molecule has 0 aromatic heterocycles. The Bertz CT molecular complexity index is 806. The Labute approximate surface area is 168 Å². The summed E-state index contributed by atoms with van der Waals surface area (Å²) in [4.78, 5) is 35.3. The molecule has 0 aliphatic carbocycles. The van der Waals surface area contributed by atoms with Gasteiger partial charge in [0.15, 0.2) is 0 Å². The first kappa shape index (κ1) is 21.2. The first-order chi connectivity index (χ1) is 13.5. The van der Waals surface area contributed by atoms with Crippen LogP contribution in [0.2, 0.25) is 5.02 Å². The van der Waals surface area contributed by atoms with Crippen LogP contribution in [-0.4, -0.2) is 37.7 Å². The van der Waals surface area contributed by atoms with Gasteiger partial charge >= 0.3 is 6.16 Å². The molecule has 2 aromatic rings. The summed E-state index contributed by atoms with van der Waals surface area (Å²) in [5.74, 6) is -0.160. The smallest absolute Gasteiger partial charge is 0.434 e. The zero-order valence-electron chi connectivity index (χ0n) is 15.4. The Hall–Kier alpha value is -3.06. The van der Waals surface area contributed by atoms with E-state index in [1.54, 1.807) is 43.3 Å². The average Bonchev–Trinajstić information content (AvgIpc) is 2.68. The molecule has 0 bridgehead atoms. The Kier molecular flexibility index (Phi) is 8.30. The van der Waals surface area contributed by atoms with Crippen molar-refractivity contribution in [1.29, 1.82) is 0 Å². The number of ether oxygens (including phenoxy) is 2. The minimum atomic E-state index is -0.791. The van der Waals surface area contributed by atoms with E-state index in [2.05, 4.69) is 15.4 Å². The lowest BCUT2D eigenvalue weighted by atomic mass is 10.2. The molecular formula is C20H21ClN2O5. The number of carbonyl (C=O) groups is 3. The number of carbonyl (C=O) groups excluding carboxylic acids is 3. The third kappa shape index (κ3) is 6.92. The summed E-state index contributed by atoms with van der Waals surface area (Å²) in [5.41, 5.74) is 0.958. The Morgan fingerprint density at radius 1 is 0.857 bits per heavy atom. The van der Waals surface area contributed by atoms with Gasteiger partial charge in [0.1, 0.15) is 5.75 Å². The maximum atomic E-state index is 12.1. The molecule has 0 atom stereocenters. The summed E-state index contributed by atoms with van der Waals surface area (Å²) in [6.07, 6.45) is -0.213. The van der Waals surface area contributed by atoms with E-state index in [4.69, 9.17) is 16.3 Å². The number of halogens is 1. The molecule has 0 unspecified atom stereocenters. The van der Waals surface area contributed by atoms with Gasteiger partial charge in [-0.3, -0.25) is 9.59 Å². The van der Waals surface area contributed by atoms with Crippen LogP contribution in [0, 0.1) is 0 Å². The second kappa shape index (κ2) is 10.9. The van der Waals surface area contributed by atoms with E-state index in [-0.39, 0.29) is 18.4 Å².